The minimum Gasteiger partial charge on any atom is -0.394 e. The van der Waals surface area contributed by atoms with Crippen molar-refractivity contribution in [3.8, 4) is 0 Å². The van der Waals surface area contributed by atoms with Crippen molar-refractivity contribution < 1.29 is 39.8 Å². The van der Waals surface area contributed by atoms with Crippen LogP contribution in [0, 0.1) is 0 Å². The van der Waals surface area contributed by atoms with E-state index in [0.29, 0.717) is 6.42 Å². The van der Waals surface area contributed by atoms with E-state index in [2.05, 4.69) is 31.3 Å². The molecule has 9 nitrogen and oxygen atoms in total. The van der Waals surface area contributed by atoms with Gasteiger partial charge >= 0.3 is 0 Å². The van der Waals surface area contributed by atoms with Crippen LogP contribution in [0.2, 0.25) is 0 Å². The van der Waals surface area contributed by atoms with Crippen molar-refractivity contribution >= 4 is 5.91 Å². The van der Waals surface area contributed by atoms with Gasteiger partial charge in [-0.1, -0.05) is 134 Å². The van der Waals surface area contributed by atoms with E-state index in [1.165, 1.54) is 89.9 Å². The van der Waals surface area contributed by atoms with Crippen LogP contribution in [-0.2, 0) is 14.3 Å². The molecule has 0 aromatic carbocycles. The number of nitrogens with one attached hydrogen (secondary N) is 1. The van der Waals surface area contributed by atoms with Crippen molar-refractivity contribution in [1.29, 1.82) is 0 Å². The van der Waals surface area contributed by atoms with Gasteiger partial charge in [-0.3, -0.25) is 4.79 Å². The van der Waals surface area contributed by atoms with Crippen molar-refractivity contribution in [2.75, 3.05) is 13.2 Å². The molecule has 282 valence electrons. The largest absolute Gasteiger partial charge is 0.394 e. The van der Waals surface area contributed by atoms with Gasteiger partial charge in [0.2, 0.25) is 5.91 Å². The standard InChI is InChI=1S/C39H73NO8/c1-3-5-7-9-11-13-15-17-19-21-23-25-27-29-35(43)40-32(31-47-39-38(46)37(45)36(44)34(30-41)48-39)33(42)28-26-24-22-20-18-16-14-12-10-8-6-4-2/h17,19,26,28,32-34,36-39,41-42,44-46H,3-16,18,20-25,27,29-31H2,1-2H3,(H,40,43)/b19-17-,28-26+. The highest BCUT2D eigenvalue weighted by molar-refractivity contribution is 5.76. The van der Waals surface area contributed by atoms with E-state index < -0.39 is 49.5 Å². The number of ether oxygens (including phenoxy) is 2. The Morgan fingerprint density at radius 3 is 1.69 bits per heavy atom. The minimum atomic E-state index is -1.56. The smallest absolute Gasteiger partial charge is 0.220 e. The quantitative estimate of drug-likeness (QED) is 0.0346. The summed E-state index contributed by atoms with van der Waals surface area (Å²) in [7, 11) is 0. The molecule has 1 amide bonds. The first-order chi connectivity index (χ1) is 23.3. The van der Waals surface area contributed by atoms with E-state index in [9.17, 15) is 30.3 Å². The molecular weight excluding hydrogens is 610 g/mol. The highest BCUT2D eigenvalue weighted by atomic mass is 16.7. The van der Waals surface area contributed by atoms with Gasteiger partial charge in [0.15, 0.2) is 6.29 Å². The molecule has 7 unspecified atom stereocenters. The first-order valence-electron chi connectivity index (χ1n) is 19.6. The molecule has 0 saturated carbocycles. The number of aliphatic hydroxyl groups is 5. The van der Waals surface area contributed by atoms with E-state index in [-0.39, 0.29) is 12.5 Å². The summed E-state index contributed by atoms with van der Waals surface area (Å²) < 4.78 is 11.1. The molecule has 1 saturated heterocycles. The first kappa shape index (κ1) is 44.7. The highest BCUT2D eigenvalue weighted by Gasteiger charge is 2.44. The van der Waals surface area contributed by atoms with Crippen LogP contribution in [0.25, 0.3) is 0 Å². The molecule has 6 N–H and O–H groups in total. The molecule has 1 fully saturated rings. The highest BCUT2D eigenvalue weighted by Crippen LogP contribution is 2.22. The predicted octanol–water partition coefficient (Wildman–Crippen LogP) is 6.77. The lowest BCUT2D eigenvalue weighted by Gasteiger charge is -2.40. The Morgan fingerprint density at radius 1 is 0.688 bits per heavy atom. The van der Waals surface area contributed by atoms with Crippen LogP contribution in [0.1, 0.15) is 162 Å². The summed E-state index contributed by atoms with van der Waals surface area (Å²) in [5.41, 5.74) is 0. The number of aliphatic hydroxyl groups excluding tert-OH is 5. The second-order valence-corrected chi connectivity index (χ2v) is 13.7. The SMILES string of the molecule is CCCCCCCC/C=C\CCCCCC(=O)NC(COC1OC(CO)C(O)C(O)C1O)C(O)/C=C/CCCCCCCCCCCC. The van der Waals surface area contributed by atoms with Gasteiger partial charge in [0, 0.05) is 6.42 Å². The number of unbranched alkanes of at least 4 members (excludes halogenated alkanes) is 19. The minimum absolute atomic E-state index is 0.193. The number of hydrogen-bond acceptors (Lipinski definition) is 8. The van der Waals surface area contributed by atoms with Crippen LogP contribution in [0.4, 0.5) is 0 Å². The molecule has 0 radical (unpaired) electrons. The molecule has 1 aliphatic rings. The molecule has 1 heterocycles. The second kappa shape index (κ2) is 30.5. The summed E-state index contributed by atoms with van der Waals surface area (Å²) >= 11 is 0. The molecule has 48 heavy (non-hydrogen) atoms. The molecule has 0 aliphatic carbocycles. The topological polar surface area (TPSA) is 149 Å². The zero-order valence-corrected chi connectivity index (χ0v) is 30.5. The third-order valence-electron chi connectivity index (χ3n) is 9.27. The van der Waals surface area contributed by atoms with Crippen LogP contribution in [0.5, 0.6) is 0 Å². The van der Waals surface area contributed by atoms with Gasteiger partial charge in [0.1, 0.15) is 24.4 Å². The lowest BCUT2D eigenvalue weighted by molar-refractivity contribution is -0.302. The Labute approximate surface area is 292 Å². The Hall–Kier alpha value is -1.33. The molecule has 7 atom stereocenters. The number of amides is 1. The predicted molar refractivity (Wildman–Crippen MR) is 193 cm³/mol. The Kier molecular flexibility index (Phi) is 28.4. The molecule has 1 rings (SSSR count). The fourth-order valence-corrected chi connectivity index (χ4v) is 6.03. The molecule has 0 spiro atoms. The maximum Gasteiger partial charge on any atom is 0.220 e. The van der Waals surface area contributed by atoms with Gasteiger partial charge in [-0.05, 0) is 44.9 Å². The van der Waals surface area contributed by atoms with Crippen LogP contribution in [-0.4, -0.2) is 87.5 Å². The maximum absolute atomic E-state index is 12.8. The average Bonchev–Trinajstić information content (AvgIpc) is 3.08. The van der Waals surface area contributed by atoms with Crippen molar-refractivity contribution in [1.82, 2.24) is 5.32 Å². The summed E-state index contributed by atoms with van der Waals surface area (Å²) in [5, 5.41) is 53.9. The van der Waals surface area contributed by atoms with E-state index in [1.54, 1.807) is 6.08 Å². The van der Waals surface area contributed by atoms with Crippen molar-refractivity contribution in [3.63, 3.8) is 0 Å². The lowest BCUT2D eigenvalue weighted by Crippen LogP contribution is -2.60. The summed E-state index contributed by atoms with van der Waals surface area (Å²) in [5.74, 6) is -0.196. The average molecular weight is 684 g/mol. The zero-order chi connectivity index (χ0) is 35.2. The molecule has 1 aliphatic heterocycles. The summed E-state index contributed by atoms with van der Waals surface area (Å²) in [4.78, 5) is 12.8. The van der Waals surface area contributed by atoms with Crippen LogP contribution in [0.3, 0.4) is 0 Å². The number of carbonyl (C=O) groups is 1. The van der Waals surface area contributed by atoms with E-state index in [0.717, 1.165) is 51.4 Å². The van der Waals surface area contributed by atoms with Crippen LogP contribution < -0.4 is 5.32 Å². The van der Waals surface area contributed by atoms with Gasteiger partial charge in [-0.25, -0.2) is 0 Å². The Balaban J connectivity index is 2.47. The van der Waals surface area contributed by atoms with Crippen molar-refractivity contribution in [2.24, 2.45) is 0 Å². The normalized spacial score (nSPS) is 22.9. The first-order valence-corrected chi connectivity index (χ1v) is 19.6. The van der Waals surface area contributed by atoms with E-state index in [1.807, 2.05) is 6.08 Å². The van der Waals surface area contributed by atoms with Crippen LogP contribution >= 0.6 is 0 Å². The number of rotatable bonds is 31. The van der Waals surface area contributed by atoms with Crippen LogP contribution in [0.15, 0.2) is 24.3 Å². The van der Waals surface area contributed by atoms with Gasteiger partial charge in [0.05, 0.1) is 25.4 Å². The monoisotopic (exact) mass is 684 g/mol. The zero-order valence-electron chi connectivity index (χ0n) is 30.5. The Morgan fingerprint density at radius 2 is 1.17 bits per heavy atom. The molecule has 0 aromatic heterocycles. The lowest BCUT2D eigenvalue weighted by atomic mass is 9.99. The van der Waals surface area contributed by atoms with Gasteiger partial charge in [-0.2, -0.15) is 0 Å². The van der Waals surface area contributed by atoms with E-state index in [4.69, 9.17) is 9.47 Å². The Bertz CT molecular complexity index is 807. The van der Waals surface area contributed by atoms with Crippen molar-refractivity contribution in [3.05, 3.63) is 24.3 Å². The molecule has 0 bridgehead atoms. The molecular formula is C39H73NO8. The fourth-order valence-electron chi connectivity index (χ4n) is 6.03. The number of hydrogen-bond donors (Lipinski definition) is 6. The summed E-state index contributed by atoms with van der Waals surface area (Å²) in [6.45, 7) is 3.72. The third-order valence-corrected chi connectivity index (χ3v) is 9.27. The maximum atomic E-state index is 12.8. The third kappa shape index (κ3) is 21.7. The van der Waals surface area contributed by atoms with E-state index >= 15 is 0 Å². The van der Waals surface area contributed by atoms with Gasteiger partial charge < -0.3 is 40.3 Å². The van der Waals surface area contributed by atoms with Crippen molar-refractivity contribution in [2.45, 2.75) is 204 Å². The summed E-state index contributed by atoms with van der Waals surface area (Å²) in [6.07, 6.45) is 26.5. The second-order valence-electron chi connectivity index (χ2n) is 13.7. The fraction of sp³-hybridized carbons (Fsp3) is 0.872. The number of allylic oxidation sites excluding steroid dienone is 3. The molecule has 9 heteroatoms. The van der Waals surface area contributed by atoms with Gasteiger partial charge in [-0.15, -0.1) is 0 Å². The number of carbonyl (C=O) groups excluding carboxylic acids is 1. The molecule has 0 aromatic rings. The van der Waals surface area contributed by atoms with Gasteiger partial charge in [0.25, 0.3) is 0 Å². The summed E-state index contributed by atoms with van der Waals surface area (Å²) in [6, 6.07) is -0.807.